The molecule has 0 spiro atoms. The van der Waals surface area contributed by atoms with Crippen molar-refractivity contribution in [1.29, 1.82) is 0 Å². The van der Waals surface area contributed by atoms with Crippen LogP contribution in [0.2, 0.25) is 0 Å². The van der Waals surface area contributed by atoms with Gasteiger partial charge in [-0.25, -0.2) is 4.98 Å². The van der Waals surface area contributed by atoms with Crippen molar-refractivity contribution in [2.75, 3.05) is 10.6 Å². The first-order valence-electron chi connectivity index (χ1n) is 8.28. The molecule has 5 heteroatoms. The minimum atomic E-state index is 0.535. The van der Waals surface area contributed by atoms with Gasteiger partial charge in [-0.3, -0.25) is 0 Å². The topological polar surface area (TPSA) is 63.0 Å². The summed E-state index contributed by atoms with van der Waals surface area (Å²) in [4.78, 5) is 9.35. The molecule has 2 saturated carbocycles. The molecule has 2 aliphatic rings. The van der Waals surface area contributed by atoms with Crippen LogP contribution in [0.1, 0.15) is 55.9 Å². The number of aromatic nitrogens is 2. The maximum absolute atomic E-state index is 5.36. The van der Waals surface area contributed by atoms with E-state index in [1.807, 2.05) is 12.1 Å². The van der Waals surface area contributed by atoms with Crippen molar-refractivity contribution in [2.24, 2.45) is 0 Å². The molecule has 0 aromatic carbocycles. The summed E-state index contributed by atoms with van der Waals surface area (Å²) < 4.78 is 5.36. The van der Waals surface area contributed by atoms with Crippen molar-refractivity contribution in [2.45, 2.75) is 57.0 Å². The highest BCUT2D eigenvalue weighted by Gasteiger charge is 2.26. The smallest absolute Gasteiger partial charge is 0.225 e. The van der Waals surface area contributed by atoms with E-state index in [0.717, 1.165) is 23.2 Å². The van der Waals surface area contributed by atoms with Gasteiger partial charge >= 0.3 is 0 Å². The van der Waals surface area contributed by atoms with Gasteiger partial charge in [-0.1, -0.05) is 12.8 Å². The second kappa shape index (κ2) is 5.99. The van der Waals surface area contributed by atoms with Gasteiger partial charge in [-0.05, 0) is 37.8 Å². The average Bonchev–Trinajstić information content (AvgIpc) is 3.02. The summed E-state index contributed by atoms with van der Waals surface area (Å²) in [6.07, 6.45) is 9.26. The molecule has 2 aromatic heterocycles. The molecule has 2 aromatic rings. The summed E-state index contributed by atoms with van der Waals surface area (Å²) in [5.74, 6) is 3.19. The molecule has 4 rings (SSSR count). The molecule has 116 valence electrons. The Morgan fingerprint density at radius 1 is 1.14 bits per heavy atom. The van der Waals surface area contributed by atoms with Crippen LogP contribution in [0, 0.1) is 0 Å². The second-order valence-electron chi connectivity index (χ2n) is 6.33. The number of hydrogen-bond acceptors (Lipinski definition) is 5. The predicted octanol–water partition coefficient (Wildman–Crippen LogP) is 3.91. The molecule has 0 unspecified atom stereocenters. The monoisotopic (exact) mass is 298 g/mol. The summed E-state index contributed by atoms with van der Waals surface area (Å²) in [6, 6.07) is 6.49. The van der Waals surface area contributed by atoms with E-state index in [4.69, 9.17) is 9.40 Å². The normalized spacial score (nSPS) is 18.5. The third-order valence-electron chi connectivity index (χ3n) is 4.45. The lowest BCUT2D eigenvalue weighted by molar-refractivity contribution is 0.518. The largest absolute Gasteiger partial charge is 0.467 e. The first-order chi connectivity index (χ1) is 10.9. The highest BCUT2D eigenvalue weighted by molar-refractivity contribution is 5.44. The summed E-state index contributed by atoms with van der Waals surface area (Å²) >= 11 is 0. The lowest BCUT2D eigenvalue weighted by atomic mass is 10.2. The third kappa shape index (κ3) is 3.24. The van der Waals surface area contributed by atoms with E-state index < -0.39 is 0 Å². The zero-order valence-electron chi connectivity index (χ0n) is 12.7. The van der Waals surface area contributed by atoms with E-state index in [-0.39, 0.29) is 0 Å². The third-order valence-corrected chi connectivity index (χ3v) is 4.45. The molecular weight excluding hydrogens is 276 g/mol. The minimum Gasteiger partial charge on any atom is -0.467 e. The fourth-order valence-corrected chi connectivity index (χ4v) is 3.05. The predicted molar refractivity (Wildman–Crippen MR) is 85.9 cm³/mol. The van der Waals surface area contributed by atoms with Crippen molar-refractivity contribution < 1.29 is 4.42 Å². The lowest BCUT2D eigenvalue weighted by Crippen LogP contribution is -2.17. The van der Waals surface area contributed by atoms with Crippen LogP contribution >= 0.6 is 0 Å². The summed E-state index contributed by atoms with van der Waals surface area (Å²) in [7, 11) is 0. The van der Waals surface area contributed by atoms with Crippen LogP contribution in [0.5, 0.6) is 0 Å². The highest BCUT2D eigenvalue weighted by atomic mass is 16.3. The maximum Gasteiger partial charge on any atom is 0.225 e. The molecular formula is C17H22N4O. The van der Waals surface area contributed by atoms with Gasteiger partial charge in [0.1, 0.15) is 11.6 Å². The van der Waals surface area contributed by atoms with E-state index in [9.17, 15) is 0 Å². The Morgan fingerprint density at radius 3 is 2.73 bits per heavy atom. The number of rotatable bonds is 6. The zero-order valence-corrected chi connectivity index (χ0v) is 12.7. The Morgan fingerprint density at radius 2 is 2.00 bits per heavy atom. The Hall–Kier alpha value is -2.04. The van der Waals surface area contributed by atoms with Crippen LogP contribution in [0.4, 0.5) is 11.8 Å². The van der Waals surface area contributed by atoms with Crippen molar-refractivity contribution in [3.05, 3.63) is 35.9 Å². The van der Waals surface area contributed by atoms with Crippen LogP contribution in [0.3, 0.4) is 0 Å². The molecule has 2 aliphatic carbocycles. The lowest BCUT2D eigenvalue weighted by Gasteiger charge is -2.14. The number of nitrogens with zero attached hydrogens (tertiary/aromatic N) is 2. The average molecular weight is 298 g/mol. The van der Waals surface area contributed by atoms with E-state index in [0.29, 0.717) is 18.5 Å². The zero-order chi connectivity index (χ0) is 14.8. The SMILES string of the molecule is c1coc(CNc2cc(C3CC3)nc(NC3CCCC3)n2)c1. The van der Waals surface area contributed by atoms with Crippen molar-refractivity contribution in [3.63, 3.8) is 0 Å². The molecule has 0 saturated heterocycles. The van der Waals surface area contributed by atoms with Crippen molar-refractivity contribution in [3.8, 4) is 0 Å². The Bertz CT molecular complexity index is 616. The quantitative estimate of drug-likeness (QED) is 0.846. The number of nitrogens with one attached hydrogen (secondary N) is 2. The summed E-state index contributed by atoms with van der Waals surface area (Å²) in [5.41, 5.74) is 1.16. The minimum absolute atomic E-state index is 0.535. The summed E-state index contributed by atoms with van der Waals surface area (Å²) in [6.45, 7) is 0.650. The van der Waals surface area contributed by atoms with Gasteiger partial charge in [0.25, 0.3) is 0 Å². The molecule has 0 bridgehead atoms. The second-order valence-corrected chi connectivity index (χ2v) is 6.33. The summed E-state index contributed by atoms with van der Waals surface area (Å²) in [5, 5.41) is 6.86. The van der Waals surface area contributed by atoms with E-state index >= 15 is 0 Å². The number of hydrogen-bond donors (Lipinski definition) is 2. The first-order valence-corrected chi connectivity index (χ1v) is 8.28. The molecule has 0 radical (unpaired) electrons. The van der Waals surface area contributed by atoms with Crippen LogP contribution in [0.15, 0.2) is 28.9 Å². The van der Waals surface area contributed by atoms with Crippen LogP contribution in [0.25, 0.3) is 0 Å². The molecule has 0 atom stereocenters. The molecule has 22 heavy (non-hydrogen) atoms. The molecule has 2 fully saturated rings. The molecule has 2 heterocycles. The Kier molecular flexibility index (Phi) is 3.70. The van der Waals surface area contributed by atoms with Gasteiger partial charge in [-0.15, -0.1) is 0 Å². The first kappa shape index (κ1) is 13.6. The van der Waals surface area contributed by atoms with Gasteiger partial charge < -0.3 is 15.1 Å². The van der Waals surface area contributed by atoms with Crippen molar-refractivity contribution >= 4 is 11.8 Å². The van der Waals surface area contributed by atoms with Gasteiger partial charge in [0.15, 0.2) is 0 Å². The van der Waals surface area contributed by atoms with Crippen LogP contribution < -0.4 is 10.6 Å². The van der Waals surface area contributed by atoms with E-state index in [1.165, 1.54) is 38.5 Å². The van der Waals surface area contributed by atoms with Gasteiger partial charge in [0.05, 0.1) is 18.5 Å². The van der Waals surface area contributed by atoms with Crippen molar-refractivity contribution in [1.82, 2.24) is 9.97 Å². The fourth-order valence-electron chi connectivity index (χ4n) is 3.05. The molecule has 2 N–H and O–H groups in total. The number of furan rings is 1. The Balaban J connectivity index is 1.49. The molecule has 0 aliphatic heterocycles. The van der Waals surface area contributed by atoms with Crippen LogP contribution in [-0.2, 0) is 6.54 Å². The Labute approximate surface area is 130 Å². The highest BCUT2D eigenvalue weighted by Crippen LogP contribution is 2.40. The van der Waals surface area contributed by atoms with E-state index in [1.54, 1.807) is 6.26 Å². The van der Waals surface area contributed by atoms with E-state index in [2.05, 4.69) is 21.7 Å². The fraction of sp³-hybridized carbons (Fsp3) is 0.529. The van der Waals surface area contributed by atoms with Gasteiger partial charge in [0, 0.05) is 18.0 Å². The van der Waals surface area contributed by atoms with Gasteiger partial charge in [0.2, 0.25) is 5.95 Å². The molecule has 0 amide bonds. The number of anilines is 2. The van der Waals surface area contributed by atoms with Gasteiger partial charge in [-0.2, -0.15) is 4.98 Å². The molecule has 5 nitrogen and oxygen atoms in total. The standard InChI is InChI=1S/C17H22N4O/c1-2-5-13(4-1)19-17-20-15(12-7-8-12)10-16(21-17)18-11-14-6-3-9-22-14/h3,6,9-10,12-13H,1-2,4-5,7-8,11H2,(H2,18,19,20,21). The van der Waals surface area contributed by atoms with Crippen LogP contribution in [-0.4, -0.2) is 16.0 Å². The maximum atomic E-state index is 5.36.